The number of imidazole rings is 1. The Balaban J connectivity index is 1.58. The molecule has 0 aliphatic carbocycles. The number of halogens is 6. The van der Waals surface area contributed by atoms with Gasteiger partial charge in [-0.3, -0.25) is 4.68 Å². The van der Waals surface area contributed by atoms with Crippen molar-refractivity contribution < 1.29 is 36.2 Å². The molecule has 1 saturated heterocycles. The van der Waals surface area contributed by atoms with E-state index in [0.29, 0.717) is 4.68 Å². The van der Waals surface area contributed by atoms with E-state index in [1.165, 1.54) is 17.0 Å². The van der Waals surface area contributed by atoms with Crippen LogP contribution in [-0.4, -0.2) is 43.1 Å². The molecule has 1 aliphatic rings. The summed E-state index contributed by atoms with van der Waals surface area (Å²) < 4.78 is 89.0. The van der Waals surface area contributed by atoms with E-state index < -0.39 is 35.3 Å². The SMILES string of the molecule is CC1CC(O)(c2cc(C(F)(F)F)n(C)n2)CC(COc2cc(C(F)(F)F)c3c(c2)ncn3C(C)C)N1. The molecule has 1 aromatic carbocycles. The lowest BCUT2D eigenvalue weighted by molar-refractivity contribution is -0.143. The van der Waals surface area contributed by atoms with E-state index in [1.807, 2.05) is 0 Å². The highest BCUT2D eigenvalue weighted by molar-refractivity contribution is 5.81. The minimum Gasteiger partial charge on any atom is -0.492 e. The maximum Gasteiger partial charge on any atom is 0.433 e. The van der Waals surface area contributed by atoms with Crippen LogP contribution < -0.4 is 10.1 Å². The summed E-state index contributed by atoms with van der Waals surface area (Å²) in [7, 11) is 1.15. The predicted molar refractivity (Wildman–Crippen MR) is 118 cm³/mol. The van der Waals surface area contributed by atoms with Crippen molar-refractivity contribution in [3.05, 3.63) is 41.5 Å². The summed E-state index contributed by atoms with van der Waals surface area (Å²) in [5.41, 5.74) is -3.57. The second kappa shape index (κ2) is 8.94. The van der Waals surface area contributed by atoms with Crippen LogP contribution in [0.25, 0.3) is 11.0 Å². The number of ether oxygens (including phenoxy) is 1. The van der Waals surface area contributed by atoms with Gasteiger partial charge >= 0.3 is 12.4 Å². The molecule has 1 aliphatic heterocycles. The number of nitrogens with zero attached hydrogens (tertiary/aromatic N) is 4. The van der Waals surface area contributed by atoms with Crippen molar-refractivity contribution in [2.45, 2.75) is 69.7 Å². The molecule has 0 saturated carbocycles. The fourth-order valence-corrected chi connectivity index (χ4v) is 4.83. The maximum absolute atomic E-state index is 13.8. The van der Waals surface area contributed by atoms with Crippen LogP contribution >= 0.6 is 0 Å². The van der Waals surface area contributed by atoms with E-state index in [9.17, 15) is 31.4 Å². The highest BCUT2D eigenvalue weighted by Gasteiger charge is 2.44. The van der Waals surface area contributed by atoms with E-state index in [2.05, 4.69) is 15.4 Å². The summed E-state index contributed by atoms with van der Waals surface area (Å²) >= 11 is 0. The molecular formula is C23H27F6N5O2. The van der Waals surface area contributed by atoms with Crippen molar-refractivity contribution >= 4 is 11.0 Å². The average molecular weight is 519 g/mol. The number of aliphatic hydroxyl groups is 1. The standard InChI is InChI=1S/C23H27F6N5O2/c1-12(2)34-11-30-17-6-15(5-16(20(17)34)22(24,25)26)36-10-14-9-21(35,8-13(3)31-14)18-7-19(23(27,28)29)33(4)32-18/h5-7,11-14,31,35H,8-10H2,1-4H3. The Morgan fingerprint density at radius 2 is 1.83 bits per heavy atom. The van der Waals surface area contributed by atoms with Gasteiger partial charge in [-0.05, 0) is 39.3 Å². The van der Waals surface area contributed by atoms with Gasteiger partial charge in [-0.2, -0.15) is 31.4 Å². The monoisotopic (exact) mass is 519 g/mol. The third kappa shape index (κ3) is 5.03. The zero-order valence-corrected chi connectivity index (χ0v) is 20.1. The van der Waals surface area contributed by atoms with E-state index >= 15 is 0 Å². The van der Waals surface area contributed by atoms with Gasteiger partial charge in [0.05, 0.1) is 28.6 Å². The van der Waals surface area contributed by atoms with Gasteiger partial charge < -0.3 is 19.7 Å². The van der Waals surface area contributed by atoms with Crippen LogP contribution in [0.3, 0.4) is 0 Å². The van der Waals surface area contributed by atoms with E-state index in [4.69, 9.17) is 4.74 Å². The molecule has 198 valence electrons. The first-order chi connectivity index (χ1) is 16.6. The molecule has 7 nitrogen and oxygen atoms in total. The lowest BCUT2D eigenvalue weighted by Gasteiger charge is -2.40. The summed E-state index contributed by atoms with van der Waals surface area (Å²) in [5, 5.41) is 18.3. The molecule has 1 fully saturated rings. The van der Waals surface area contributed by atoms with Crippen LogP contribution in [0, 0.1) is 0 Å². The second-order valence-corrected chi connectivity index (χ2v) is 9.63. The van der Waals surface area contributed by atoms with Gasteiger partial charge in [-0.25, -0.2) is 4.98 Å². The van der Waals surface area contributed by atoms with Crippen LogP contribution in [0.15, 0.2) is 24.5 Å². The Labute approximate surface area is 203 Å². The largest absolute Gasteiger partial charge is 0.492 e. The first-order valence-corrected chi connectivity index (χ1v) is 11.4. The summed E-state index contributed by atoms with van der Waals surface area (Å²) in [4.78, 5) is 4.10. The van der Waals surface area contributed by atoms with Crippen molar-refractivity contribution in [2.24, 2.45) is 7.05 Å². The quantitative estimate of drug-likeness (QED) is 0.474. The van der Waals surface area contributed by atoms with Crippen molar-refractivity contribution in [3.8, 4) is 5.75 Å². The summed E-state index contributed by atoms with van der Waals surface area (Å²) in [6, 6.07) is 2.03. The smallest absolute Gasteiger partial charge is 0.433 e. The zero-order chi connectivity index (χ0) is 26.6. The molecule has 3 atom stereocenters. The number of nitrogens with one attached hydrogen (secondary N) is 1. The minimum atomic E-state index is -4.64. The first kappa shape index (κ1) is 26.3. The van der Waals surface area contributed by atoms with Crippen LogP contribution in [0.2, 0.25) is 0 Å². The number of fused-ring (bicyclic) bond motifs is 1. The van der Waals surface area contributed by atoms with Gasteiger partial charge in [0.2, 0.25) is 0 Å². The van der Waals surface area contributed by atoms with E-state index in [0.717, 1.165) is 19.2 Å². The summed E-state index contributed by atoms with van der Waals surface area (Å²) in [5.74, 6) is -0.0513. The average Bonchev–Trinajstić information content (AvgIpc) is 3.34. The molecule has 2 N–H and O–H groups in total. The number of piperidine rings is 1. The maximum atomic E-state index is 13.8. The molecule has 13 heteroatoms. The number of hydrogen-bond acceptors (Lipinski definition) is 5. The fraction of sp³-hybridized carbons (Fsp3) is 0.565. The molecular weight excluding hydrogens is 492 g/mol. The predicted octanol–water partition coefficient (Wildman–Crippen LogP) is 4.80. The molecule has 4 rings (SSSR count). The number of rotatable bonds is 5. The normalized spacial score (nSPS) is 23.6. The van der Waals surface area contributed by atoms with Crippen molar-refractivity contribution in [1.82, 2.24) is 24.6 Å². The van der Waals surface area contributed by atoms with Crippen LogP contribution in [0.5, 0.6) is 5.75 Å². The molecule has 0 spiro atoms. The molecule has 3 unspecified atom stereocenters. The number of aromatic nitrogens is 4. The molecule has 2 aromatic heterocycles. The highest BCUT2D eigenvalue weighted by Crippen LogP contribution is 2.40. The molecule has 3 heterocycles. The van der Waals surface area contributed by atoms with Gasteiger partial charge in [-0.15, -0.1) is 0 Å². The fourth-order valence-electron chi connectivity index (χ4n) is 4.83. The second-order valence-electron chi connectivity index (χ2n) is 9.63. The first-order valence-electron chi connectivity index (χ1n) is 11.4. The van der Waals surface area contributed by atoms with E-state index in [-0.39, 0.29) is 54.0 Å². The number of benzene rings is 1. The lowest BCUT2D eigenvalue weighted by atomic mass is 9.82. The molecule has 0 amide bonds. The van der Waals surface area contributed by atoms with Gasteiger partial charge in [0.1, 0.15) is 23.7 Å². The minimum absolute atomic E-state index is 0.0397. The topological polar surface area (TPSA) is 77.1 Å². The number of alkyl halides is 6. The van der Waals surface area contributed by atoms with Crippen LogP contribution in [0.4, 0.5) is 26.3 Å². The molecule has 3 aromatic rings. The highest BCUT2D eigenvalue weighted by atomic mass is 19.4. The van der Waals surface area contributed by atoms with E-state index in [1.54, 1.807) is 20.8 Å². The lowest BCUT2D eigenvalue weighted by Crippen LogP contribution is -2.53. The Morgan fingerprint density at radius 1 is 1.14 bits per heavy atom. The van der Waals surface area contributed by atoms with Crippen LogP contribution in [-0.2, 0) is 25.0 Å². The van der Waals surface area contributed by atoms with Crippen molar-refractivity contribution in [3.63, 3.8) is 0 Å². The Morgan fingerprint density at radius 3 is 2.42 bits per heavy atom. The van der Waals surface area contributed by atoms with Crippen LogP contribution in [0.1, 0.15) is 56.6 Å². The molecule has 0 bridgehead atoms. The Hall–Kier alpha value is -2.80. The zero-order valence-electron chi connectivity index (χ0n) is 20.1. The molecule has 0 radical (unpaired) electrons. The molecule has 36 heavy (non-hydrogen) atoms. The Kier molecular flexibility index (Phi) is 6.53. The number of hydrogen-bond donors (Lipinski definition) is 2. The summed E-state index contributed by atoms with van der Waals surface area (Å²) in [6.07, 6.45) is -7.86. The Bertz CT molecular complexity index is 1250. The van der Waals surface area contributed by atoms with Crippen molar-refractivity contribution in [2.75, 3.05) is 6.61 Å². The van der Waals surface area contributed by atoms with Gasteiger partial charge in [0.15, 0.2) is 0 Å². The summed E-state index contributed by atoms with van der Waals surface area (Å²) in [6.45, 7) is 5.13. The van der Waals surface area contributed by atoms with Gasteiger partial charge in [-0.1, -0.05) is 0 Å². The van der Waals surface area contributed by atoms with Crippen molar-refractivity contribution in [1.29, 1.82) is 0 Å². The third-order valence-electron chi connectivity index (χ3n) is 6.35. The van der Waals surface area contributed by atoms with Gasteiger partial charge in [0, 0.05) is 37.7 Å². The number of aryl methyl sites for hydroxylation is 1. The third-order valence-corrected chi connectivity index (χ3v) is 6.35. The van der Waals surface area contributed by atoms with Gasteiger partial charge in [0.25, 0.3) is 0 Å².